The van der Waals surface area contributed by atoms with Crippen LogP contribution in [-0.2, 0) is 20.6 Å². The average Bonchev–Trinajstić information content (AvgIpc) is 3.08. The number of aryl methyl sites for hydroxylation is 1. The molecule has 0 saturated heterocycles. The first-order valence-electron chi connectivity index (χ1n) is 8.69. The van der Waals surface area contributed by atoms with Crippen molar-refractivity contribution in [1.29, 1.82) is 0 Å². The standard InChI is InChI=1S/C18H22ClN5O3.ClH/c1-11(15(25)12-4-6-13(19)7-5-12)20-8-9-24-10-21-16-14(24)17(26)23(3)18(27)22(16)2;/h4-7,10-11,15,20,25H,8-9H2,1-3H3;1H. The molecule has 2 aromatic heterocycles. The lowest BCUT2D eigenvalue weighted by Crippen LogP contribution is -3.00. The first-order chi connectivity index (χ1) is 12.8. The molecule has 2 atom stereocenters. The molecule has 10 heteroatoms. The van der Waals surface area contributed by atoms with E-state index in [0.717, 1.165) is 10.1 Å². The lowest BCUT2D eigenvalue weighted by Gasteiger charge is -2.18. The lowest BCUT2D eigenvalue weighted by atomic mass is 10.0. The largest absolute Gasteiger partial charge is 1.00 e. The molecule has 28 heavy (non-hydrogen) atoms. The second-order valence-corrected chi connectivity index (χ2v) is 7.13. The molecule has 0 amide bonds. The minimum Gasteiger partial charge on any atom is -1.00 e. The molecule has 3 aromatic rings. The predicted molar refractivity (Wildman–Crippen MR) is 103 cm³/mol. The first-order valence-corrected chi connectivity index (χ1v) is 9.06. The zero-order chi connectivity index (χ0) is 19.7. The molecule has 152 valence electrons. The molecule has 3 N–H and O–H groups in total. The fourth-order valence-corrected chi connectivity index (χ4v) is 3.26. The monoisotopic (exact) mass is 427 g/mol. The van der Waals surface area contributed by atoms with E-state index >= 15 is 0 Å². The Morgan fingerprint density at radius 3 is 2.46 bits per heavy atom. The Labute approximate surface area is 172 Å². The van der Waals surface area contributed by atoms with Crippen molar-refractivity contribution in [1.82, 2.24) is 18.7 Å². The fourth-order valence-electron chi connectivity index (χ4n) is 3.14. The molecule has 0 radical (unpaired) electrons. The van der Waals surface area contributed by atoms with E-state index in [9.17, 15) is 14.7 Å². The van der Waals surface area contributed by atoms with Crippen LogP contribution in [0.25, 0.3) is 11.2 Å². The van der Waals surface area contributed by atoms with Gasteiger partial charge in [0.1, 0.15) is 12.1 Å². The van der Waals surface area contributed by atoms with Gasteiger partial charge in [-0.1, -0.05) is 23.7 Å². The molecule has 0 aliphatic carbocycles. The number of aliphatic hydroxyl groups is 1. The molecule has 0 bridgehead atoms. The average molecular weight is 428 g/mol. The predicted octanol–water partition coefficient (Wildman–Crippen LogP) is -3.22. The third-order valence-electron chi connectivity index (χ3n) is 4.84. The number of nitrogens with two attached hydrogens (primary N) is 1. The molecule has 0 aliphatic heterocycles. The first kappa shape index (κ1) is 22.2. The normalized spacial score (nSPS) is 13.3. The number of aliphatic hydroxyl groups excluding tert-OH is 1. The van der Waals surface area contributed by atoms with Gasteiger partial charge in [-0.2, -0.15) is 0 Å². The molecule has 0 saturated carbocycles. The molecule has 0 aliphatic rings. The third-order valence-corrected chi connectivity index (χ3v) is 5.09. The van der Waals surface area contributed by atoms with Gasteiger partial charge in [0.2, 0.25) is 0 Å². The molecule has 1 aromatic carbocycles. The Balaban J connectivity index is 0.00000280. The Hall–Kier alpha value is -2.13. The number of aromatic nitrogens is 4. The molecule has 0 fully saturated rings. The number of rotatable bonds is 6. The number of benzene rings is 1. The van der Waals surface area contributed by atoms with E-state index in [1.54, 1.807) is 30.1 Å². The number of imidazole rings is 1. The van der Waals surface area contributed by atoms with Crippen molar-refractivity contribution in [3.05, 3.63) is 62.0 Å². The van der Waals surface area contributed by atoms with Crippen molar-refractivity contribution < 1.29 is 22.8 Å². The summed E-state index contributed by atoms with van der Waals surface area (Å²) in [7, 11) is 3.05. The summed E-state index contributed by atoms with van der Waals surface area (Å²) in [6.07, 6.45) is 0.940. The van der Waals surface area contributed by atoms with Gasteiger partial charge in [-0.3, -0.25) is 13.9 Å². The number of nitrogens with zero attached hydrogens (tertiary/aromatic N) is 4. The Bertz CT molecular complexity index is 1070. The van der Waals surface area contributed by atoms with Gasteiger partial charge in [-0.25, -0.2) is 9.78 Å². The van der Waals surface area contributed by atoms with E-state index in [-0.39, 0.29) is 24.0 Å². The van der Waals surface area contributed by atoms with Gasteiger partial charge in [0.25, 0.3) is 5.56 Å². The van der Waals surface area contributed by atoms with Gasteiger partial charge in [-0.15, -0.1) is 0 Å². The molecular weight excluding hydrogens is 405 g/mol. The summed E-state index contributed by atoms with van der Waals surface area (Å²) in [6.45, 7) is 3.11. The van der Waals surface area contributed by atoms with Crippen LogP contribution in [0.4, 0.5) is 0 Å². The molecule has 0 spiro atoms. The summed E-state index contributed by atoms with van der Waals surface area (Å²) in [5.74, 6) is 0. The summed E-state index contributed by atoms with van der Waals surface area (Å²) in [5, 5.41) is 13.1. The van der Waals surface area contributed by atoms with Crippen LogP contribution in [0.5, 0.6) is 0 Å². The van der Waals surface area contributed by atoms with E-state index in [1.807, 2.05) is 24.4 Å². The van der Waals surface area contributed by atoms with Crippen LogP contribution in [0.3, 0.4) is 0 Å². The van der Waals surface area contributed by atoms with Crippen LogP contribution in [0.2, 0.25) is 5.02 Å². The van der Waals surface area contributed by atoms with Crippen molar-refractivity contribution in [3.8, 4) is 0 Å². The highest BCUT2D eigenvalue weighted by molar-refractivity contribution is 6.30. The SMILES string of the molecule is CC([NH2+]CCn1cnc2c1c(=O)n(C)c(=O)n2C)C(O)c1ccc(Cl)cc1.[Cl-]. The highest BCUT2D eigenvalue weighted by atomic mass is 35.5. The summed E-state index contributed by atoms with van der Waals surface area (Å²) >= 11 is 5.88. The van der Waals surface area contributed by atoms with Gasteiger partial charge in [0, 0.05) is 19.1 Å². The molecular formula is C18H23Cl2N5O3. The quantitative estimate of drug-likeness (QED) is 0.432. The van der Waals surface area contributed by atoms with Gasteiger partial charge in [0.05, 0.1) is 19.4 Å². The van der Waals surface area contributed by atoms with E-state index < -0.39 is 11.8 Å². The smallest absolute Gasteiger partial charge is 0.332 e. The minimum absolute atomic E-state index is 0. The maximum atomic E-state index is 12.4. The lowest BCUT2D eigenvalue weighted by molar-refractivity contribution is -0.695. The zero-order valence-corrected chi connectivity index (χ0v) is 17.4. The third kappa shape index (κ3) is 4.15. The Kier molecular flexibility index (Phi) is 7.06. The van der Waals surface area contributed by atoms with Crippen molar-refractivity contribution in [2.24, 2.45) is 14.1 Å². The van der Waals surface area contributed by atoms with Crippen molar-refractivity contribution >= 4 is 22.8 Å². The van der Waals surface area contributed by atoms with Crippen LogP contribution >= 0.6 is 11.6 Å². The number of quaternary nitrogens is 1. The topological polar surface area (TPSA) is 98.7 Å². The zero-order valence-electron chi connectivity index (χ0n) is 15.8. The van der Waals surface area contributed by atoms with Crippen LogP contribution < -0.4 is 29.0 Å². The highest BCUT2D eigenvalue weighted by Gasteiger charge is 2.20. The number of hydrogen-bond donors (Lipinski definition) is 2. The fraction of sp³-hybridized carbons (Fsp3) is 0.389. The van der Waals surface area contributed by atoms with Crippen LogP contribution in [0.15, 0.2) is 40.2 Å². The number of halogens is 2. The van der Waals surface area contributed by atoms with Crippen molar-refractivity contribution in [2.75, 3.05) is 6.54 Å². The second kappa shape index (κ2) is 8.91. The number of hydrogen-bond acceptors (Lipinski definition) is 4. The van der Waals surface area contributed by atoms with Crippen LogP contribution in [0, 0.1) is 0 Å². The van der Waals surface area contributed by atoms with Crippen LogP contribution in [-0.4, -0.2) is 36.4 Å². The minimum atomic E-state index is -0.629. The van der Waals surface area contributed by atoms with Gasteiger partial charge >= 0.3 is 5.69 Å². The number of fused-ring (bicyclic) bond motifs is 1. The molecule has 3 rings (SSSR count). The van der Waals surface area contributed by atoms with E-state index in [4.69, 9.17) is 11.6 Å². The summed E-state index contributed by atoms with van der Waals surface area (Å²) in [5.41, 5.74) is 0.820. The van der Waals surface area contributed by atoms with Gasteiger partial charge < -0.3 is 27.4 Å². The Morgan fingerprint density at radius 1 is 1.18 bits per heavy atom. The van der Waals surface area contributed by atoms with Gasteiger partial charge in [0.15, 0.2) is 11.2 Å². The molecule has 2 heterocycles. The maximum Gasteiger partial charge on any atom is 0.332 e. The second-order valence-electron chi connectivity index (χ2n) is 6.70. The summed E-state index contributed by atoms with van der Waals surface area (Å²) in [4.78, 5) is 28.6. The van der Waals surface area contributed by atoms with Gasteiger partial charge in [-0.05, 0) is 24.6 Å². The van der Waals surface area contributed by atoms with E-state index in [1.165, 1.54) is 11.6 Å². The maximum absolute atomic E-state index is 12.4. The van der Waals surface area contributed by atoms with E-state index in [0.29, 0.717) is 29.3 Å². The summed E-state index contributed by atoms with van der Waals surface area (Å²) < 4.78 is 4.19. The Morgan fingerprint density at radius 2 is 1.82 bits per heavy atom. The highest BCUT2D eigenvalue weighted by Crippen LogP contribution is 2.17. The van der Waals surface area contributed by atoms with Crippen molar-refractivity contribution in [2.45, 2.75) is 25.6 Å². The van der Waals surface area contributed by atoms with Crippen molar-refractivity contribution in [3.63, 3.8) is 0 Å². The summed E-state index contributed by atoms with van der Waals surface area (Å²) in [6, 6.07) is 7.05. The molecule has 2 unspecified atom stereocenters. The molecule has 8 nitrogen and oxygen atoms in total. The van der Waals surface area contributed by atoms with Crippen LogP contribution in [0.1, 0.15) is 18.6 Å². The van der Waals surface area contributed by atoms with E-state index in [2.05, 4.69) is 4.98 Å².